The molecule has 0 amide bonds. The first kappa shape index (κ1) is 21.3. The van der Waals surface area contributed by atoms with E-state index in [-0.39, 0.29) is 24.4 Å². The molecule has 0 aliphatic heterocycles. The summed E-state index contributed by atoms with van der Waals surface area (Å²) in [6, 6.07) is 19.3. The van der Waals surface area contributed by atoms with E-state index in [0.29, 0.717) is 0 Å². The molecule has 0 heterocycles. The standard InChI is InChI=1S/C22H29NOS.ClH/c1-23(2)21(17-11-5-4-6-12-17)19-14-9-10-16-22(19,24)18-13-7-8-15-20(18)25-3;/h4-8,11-13,15,19,21,24H,9-10,14,16H2,1-3H3;1H. The zero-order chi connectivity index (χ0) is 17.9. The molecule has 2 aromatic rings. The van der Waals surface area contributed by atoms with Gasteiger partial charge in [0.15, 0.2) is 0 Å². The van der Waals surface area contributed by atoms with Crippen LogP contribution in [0, 0.1) is 5.92 Å². The Hall–Kier alpha value is -1.00. The van der Waals surface area contributed by atoms with E-state index in [9.17, 15) is 5.11 Å². The quantitative estimate of drug-likeness (QED) is 0.679. The fourth-order valence-corrected chi connectivity index (χ4v) is 5.16. The summed E-state index contributed by atoms with van der Waals surface area (Å²) in [5.41, 5.74) is 1.62. The first-order chi connectivity index (χ1) is 12.1. The van der Waals surface area contributed by atoms with Crippen LogP contribution in [-0.2, 0) is 5.60 Å². The Morgan fingerprint density at radius 2 is 1.69 bits per heavy atom. The number of halogens is 1. The van der Waals surface area contributed by atoms with E-state index in [1.165, 1.54) is 16.9 Å². The van der Waals surface area contributed by atoms with Crippen LogP contribution in [-0.4, -0.2) is 30.4 Å². The van der Waals surface area contributed by atoms with E-state index >= 15 is 0 Å². The predicted molar refractivity (Wildman–Crippen MR) is 114 cm³/mol. The molecule has 0 radical (unpaired) electrons. The van der Waals surface area contributed by atoms with E-state index in [4.69, 9.17) is 0 Å². The highest BCUT2D eigenvalue weighted by Gasteiger charge is 2.46. The lowest BCUT2D eigenvalue weighted by atomic mass is 9.67. The van der Waals surface area contributed by atoms with Gasteiger partial charge in [-0.15, -0.1) is 24.2 Å². The Bertz CT molecular complexity index is 694. The Balaban J connectivity index is 0.00000243. The number of aliphatic hydroxyl groups is 1. The minimum atomic E-state index is -0.775. The molecule has 0 spiro atoms. The molecule has 2 aromatic carbocycles. The van der Waals surface area contributed by atoms with Gasteiger partial charge in [0.1, 0.15) is 0 Å². The van der Waals surface area contributed by atoms with Crippen molar-refractivity contribution in [2.45, 2.75) is 42.2 Å². The molecule has 1 N–H and O–H groups in total. The number of hydrogen-bond acceptors (Lipinski definition) is 3. The van der Waals surface area contributed by atoms with E-state index in [0.717, 1.165) is 24.8 Å². The molecule has 0 saturated heterocycles. The summed E-state index contributed by atoms with van der Waals surface area (Å²) in [6.45, 7) is 0. The van der Waals surface area contributed by atoms with Crippen molar-refractivity contribution in [1.82, 2.24) is 4.90 Å². The summed E-state index contributed by atoms with van der Waals surface area (Å²) in [5.74, 6) is 0.187. The van der Waals surface area contributed by atoms with Gasteiger partial charge in [-0.3, -0.25) is 0 Å². The Labute approximate surface area is 168 Å². The van der Waals surface area contributed by atoms with Gasteiger partial charge in [0.25, 0.3) is 0 Å². The first-order valence-electron chi connectivity index (χ1n) is 9.15. The van der Waals surface area contributed by atoms with E-state index in [2.05, 4.69) is 79.8 Å². The summed E-state index contributed by atoms with van der Waals surface area (Å²) in [7, 11) is 4.26. The molecule has 0 aromatic heterocycles. The van der Waals surface area contributed by atoms with Gasteiger partial charge in [-0.05, 0) is 50.4 Å². The second kappa shape index (κ2) is 9.27. The molecule has 1 saturated carbocycles. The highest BCUT2D eigenvalue weighted by Crippen LogP contribution is 2.50. The summed E-state index contributed by atoms with van der Waals surface area (Å²) >= 11 is 1.73. The molecule has 4 heteroatoms. The molecule has 3 rings (SSSR count). The zero-order valence-corrected chi connectivity index (χ0v) is 17.5. The van der Waals surface area contributed by atoms with Gasteiger partial charge in [0.05, 0.1) is 5.60 Å². The second-order valence-corrected chi connectivity index (χ2v) is 8.14. The maximum Gasteiger partial charge on any atom is 0.0953 e. The minimum absolute atomic E-state index is 0. The lowest BCUT2D eigenvalue weighted by molar-refractivity contribution is -0.0856. The van der Waals surface area contributed by atoms with Crippen LogP contribution in [0.1, 0.15) is 42.9 Å². The summed E-state index contributed by atoms with van der Waals surface area (Å²) < 4.78 is 0. The van der Waals surface area contributed by atoms with Gasteiger partial charge in [-0.25, -0.2) is 0 Å². The SMILES string of the molecule is CSc1ccccc1C1(O)CCCCC1C(c1ccccc1)N(C)C.Cl. The smallest absolute Gasteiger partial charge is 0.0953 e. The Kier molecular flexibility index (Phi) is 7.60. The molecular weight excluding hydrogens is 362 g/mol. The van der Waals surface area contributed by atoms with Gasteiger partial charge in [-0.2, -0.15) is 0 Å². The molecule has 0 bridgehead atoms. The third-order valence-electron chi connectivity index (χ3n) is 5.59. The van der Waals surface area contributed by atoms with Crippen molar-refractivity contribution in [3.8, 4) is 0 Å². The molecule has 142 valence electrons. The fraction of sp³-hybridized carbons (Fsp3) is 0.455. The Morgan fingerprint density at radius 3 is 2.35 bits per heavy atom. The zero-order valence-electron chi connectivity index (χ0n) is 15.9. The molecule has 1 aliphatic carbocycles. The number of thioether (sulfide) groups is 1. The van der Waals surface area contributed by atoms with Crippen LogP contribution < -0.4 is 0 Å². The number of nitrogens with zero attached hydrogens (tertiary/aromatic N) is 1. The molecule has 3 atom stereocenters. The molecule has 1 fully saturated rings. The van der Waals surface area contributed by atoms with Gasteiger partial charge in [-0.1, -0.05) is 61.4 Å². The van der Waals surface area contributed by atoms with Crippen molar-refractivity contribution in [3.05, 3.63) is 65.7 Å². The van der Waals surface area contributed by atoms with Crippen molar-refractivity contribution in [2.24, 2.45) is 5.92 Å². The topological polar surface area (TPSA) is 23.5 Å². The van der Waals surface area contributed by atoms with Crippen LogP contribution in [0.5, 0.6) is 0 Å². The highest BCUT2D eigenvalue weighted by molar-refractivity contribution is 7.98. The number of hydrogen-bond donors (Lipinski definition) is 1. The van der Waals surface area contributed by atoms with Crippen molar-refractivity contribution in [3.63, 3.8) is 0 Å². The van der Waals surface area contributed by atoms with Crippen molar-refractivity contribution in [2.75, 3.05) is 20.4 Å². The average Bonchev–Trinajstić information content (AvgIpc) is 2.64. The second-order valence-electron chi connectivity index (χ2n) is 7.30. The van der Waals surface area contributed by atoms with Gasteiger partial charge in [0, 0.05) is 16.9 Å². The van der Waals surface area contributed by atoms with Crippen molar-refractivity contribution in [1.29, 1.82) is 0 Å². The Morgan fingerprint density at radius 1 is 1.04 bits per heavy atom. The minimum Gasteiger partial charge on any atom is -0.385 e. The predicted octanol–water partition coefficient (Wildman–Crippen LogP) is 5.51. The molecule has 26 heavy (non-hydrogen) atoms. The van der Waals surface area contributed by atoms with Crippen LogP contribution in [0.3, 0.4) is 0 Å². The summed E-state index contributed by atoms with van der Waals surface area (Å²) in [5, 5.41) is 12.0. The third-order valence-corrected chi connectivity index (χ3v) is 6.38. The monoisotopic (exact) mass is 391 g/mol. The largest absolute Gasteiger partial charge is 0.385 e. The van der Waals surface area contributed by atoms with E-state index in [1.807, 2.05) is 0 Å². The van der Waals surface area contributed by atoms with Gasteiger partial charge < -0.3 is 10.0 Å². The van der Waals surface area contributed by atoms with E-state index in [1.54, 1.807) is 11.8 Å². The molecule has 1 aliphatic rings. The van der Waals surface area contributed by atoms with Gasteiger partial charge >= 0.3 is 0 Å². The molecular formula is C22H30ClNOS. The molecule has 2 nitrogen and oxygen atoms in total. The maximum atomic E-state index is 12.0. The highest BCUT2D eigenvalue weighted by atomic mass is 35.5. The first-order valence-corrected chi connectivity index (χ1v) is 10.4. The summed E-state index contributed by atoms with van der Waals surface area (Å²) in [4.78, 5) is 3.47. The normalized spacial score (nSPS) is 24.1. The molecule has 3 unspecified atom stereocenters. The van der Waals surface area contributed by atoms with Crippen LogP contribution in [0.25, 0.3) is 0 Å². The van der Waals surface area contributed by atoms with E-state index < -0.39 is 5.60 Å². The van der Waals surface area contributed by atoms with Crippen LogP contribution in [0.15, 0.2) is 59.5 Å². The van der Waals surface area contributed by atoms with Gasteiger partial charge in [0.2, 0.25) is 0 Å². The number of rotatable bonds is 5. The van der Waals surface area contributed by atoms with Crippen molar-refractivity contribution < 1.29 is 5.11 Å². The summed E-state index contributed by atoms with van der Waals surface area (Å²) in [6.07, 6.45) is 6.26. The lowest BCUT2D eigenvalue weighted by Gasteiger charge is -2.47. The maximum absolute atomic E-state index is 12.0. The third kappa shape index (κ3) is 4.12. The lowest BCUT2D eigenvalue weighted by Crippen LogP contribution is -2.45. The average molecular weight is 392 g/mol. The van der Waals surface area contributed by atoms with Crippen LogP contribution >= 0.6 is 24.2 Å². The van der Waals surface area contributed by atoms with Crippen LogP contribution in [0.2, 0.25) is 0 Å². The fourth-order valence-electron chi connectivity index (χ4n) is 4.48. The van der Waals surface area contributed by atoms with Crippen LogP contribution in [0.4, 0.5) is 0 Å². The van der Waals surface area contributed by atoms with Crippen molar-refractivity contribution >= 4 is 24.2 Å². The number of benzene rings is 2.